The summed E-state index contributed by atoms with van der Waals surface area (Å²) in [5.74, 6) is 0.561. The zero-order valence-electron chi connectivity index (χ0n) is 18.9. The number of hydrogen-bond acceptors (Lipinski definition) is 4. The second-order valence-electron chi connectivity index (χ2n) is 8.80. The number of carbonyl (C=O) groups is 2. The molecule has 0 bridgehead atoms. The van der Waals surface area contributed by atoms with Crippen molar-refractivity contribution in [3.8, 4) is 0 Å². The molecule has 0 fully saturated rings. The average molecular weight is 513 g/mol. The Morgan fingerprint density at radius 1 is 0.893 bits per heavy atom. The summed E-state index contributed by atoms with van der Waals surface area (Å²) in [6.45, 7) is 18.9. The quantitative estimate of drug-likeness (QED) is 0.227. The number of nitrogens with one attached hydrogen (secondary N) is 4. The first-order valence-electron chi connectivity index (χ1n) is 9.54. The van der Waals surface area contributed by atoms with Gasteiger partial charge in [-0.3, -0.25) is 9.79 Å². The molecule has 0 rings (SSSR count). The summed E-state index contributed by atoms with van der Waals surface area (Å²) in [4.78, 5) is 28.6. The fourth-order valence-electron chi connectivity index (χ4n) is 2.02. The van der Waals surface area contributed by atoms with Crippen LogP contribution in [0.5, 0.6) is 0 Å². The Morgan fingerprint density at radius 2 is 1.43 bits per heavy atom. The maximum Gasteiger partial charge on any atom is 0.408 e. The molecule has 166 valence electrons. The maximum absolute atomic E-state index is 12.1. The first-order valence-corrected chi connectivity index (χ1v) is 9.54. The number of halogens is 1. The third-order valence-electron chi connectivity index (χ3n) is 3.47. The topological polar surface area (TPSA) is 104 Å². The lowest BCUT2D eigenvalue weighted by molar-refractivity contribution is -0.128. The number of amides is 2. The van der Waals surface area contributed by atoms with Gasteiger partial charge in [0.15, 0.2) is 5.96 Å². The molecule has 8 nitrogen and oxygen atoms in total. The molecule has 0 saturated heterocycles. The minimum atomic E-state index is -0.608. The molecule has 0 saturated carbocycles. The van der Waals surface area contributed by atoms with Crippen LogP contribution in [0.2, 0.25) is 0 Å². The molecular weight excluding hydrogens is 473 g/mol. The molecule has 0 aromatic heterocycles. The third kappa shape index (κ3) is 13.0. The van der Waals surface area contributed by atoms with E-state index in [4.69, 9.17) is 4.74 Å². The van der Waals surface area contributed by atoms with Crippen LogP contribution in [0.25, 0.3) is 0 Å². The van der Waals surface area contributed by atoms with Gasteiger partial charge in [0.2, 0.25) is 5.91 Å². The smallest absolute Gasteiger partial charge is 0.408 e. The van der Waals surface area contributed by atoms with E-state index in [-0.39, 0.29) is 29.9 Å². The molecule has 0 heterocycles. The molecule has 4 N–H and O–H groups in total. The van der Waals surface area contributed by atoms with Gasteiger partial charge in [-0.05, 0) is 62.3 Å². The number of rotatable bonds is 8. The Kier molecular flexibility index (Phi) is 12.8. The maximum atomic E-state index is 12.1. The number of alkyl carbamates (subject to hydrolysis) is 1. The second kappa shape index (κ2) is 12.3. The average Bonchev–Trinajstić information content (AvgIpc) is 2.47. The van der Waals surface area contributed by atoms with E-state index >= 15 is 0 Å². The monoisotopic (exact) mass is 513 g/mol. The number of aliphatic imine (C=N–C) groups is 1. The lowest BCUT2D eigenvalue weighted by Gasteiger charge is -2.29. The van der Waals surface area contributed by atoms with Crippen LogP contribution in [0.4, 0.5) is 4.79 Å². The van der Waals surface area contributed by atoms with Crippen molar-refractivity contribution in [2.75, 3.05) is 26.2 Å². The molecule has 0 aromatic carbocycles. The second-order valence-corrected chi connectivity index (χ2v) is 8.80. The summed E-state index contributed by atoms with van der Waals surface area (Å²) in [6.07, 6.45) is -0.464. The van der Waals surface area contributed by atoms with E-state index in [1.807, 2.05) is 62.3 Å². The lowest BCUT2D eigenvalue weighted by Crippen LogP contribution is -2.54. The van der Waals surface area contributed by atoms with Gasteiger partial charge >= 0.3 is 6.09 Å². The molecule has 0 atom stereocenters. The fraction of sp³-hybridized carbons (Fsp3) is 0.842. The van der Waals surface area contributed by atoms with Crippen LogP contribution < -0.4 is 21.3 Å². The van der Waals surface area contributed by atoms with Crippen LogP contribution in [0, 0.1) is 5.41 Å². The van der Waals surface area contributed by atoms with Crippen LogP contribution in [-0.4, -0.2) is 55.3 Å². The van der Waals surface area contributed by atoms with E-state index in [1.54, 1.807) is 0 Å². The van der Waals surface area contributed by atoms with Crippen molar-refractivity contribution >= 4 is 41.9 Å². The lowest BCUT2D eigenvalue weighted by atomic mass is 9.92. The van der Waals surface area contributed by atoms with Crippen molar-refractivity contribution in [1.82, 2.24) is 21.3 Å². The van der Waals surface area contributed by atoms with Crippen LogP contribution in [0.1, 0.15) is 62.3 Å². The summed E-state index contributed by atoms with van der Waals surface area (Å²) >= 11 is 0. The number of ether oxygens (including phenoxy) is 1. The van der Waals surface area contributed by atoms with Crippen LogP contribution in [0.3, 0.4) is 0 Å². The van der Waals surface area contributed by atoms with Crippen LogP contribution in [0.15, 0.2) is 4.99 Å². The molecule has 28 heavy (non-hydrogen) atoms. The van der Waals surface area contributed by atoms with E-state index in [9.17, 15) is 9.59 Å². The zero-order chi connectivity index (χ0) is 21.3. The Hall–Kier alpha value is -1.26. The highest BCUT2D eigenvalue weighted by Crippen LogP contribution is 2.15. The minimum Gasteiger partial charge on any atom is -0.444 e. The highest BCUT2D eigenvalue weighted by atomic mass is 127. The molecule has 0 radical (unpaired) electrons. The van der Waals surface area contributed by atoms with Crippen molar-refractivity contribution in [1.29, 1.82) is 0 Å². The van der Waals surface area contributed by atoms with E-state index in [1.165, 1.54) is 0 Å². The molecular formula is C19H40IN5O3. The van der Waals surface area contributed by atoms with Gasteiger partial charge in [-0.2, -0.15) is 0 Å². The van der Waals surface area contributed by atoms with Gasteiger partial charge in [0, 0.05) is 19.6 Å². The standard InChI is InChI=1S/C19H39N5O3.HI/c1-10-20-14(25)18(6,7)12-22-15(21-11-2)23-13-19(8,9)24-16(26)27-17(3,4)5;/h10-13H2,1-9H3,(H,20,25)(H,24,26)(H2,21,22,23);1H. The summed E-state index contributed by atoms with van der Waals surface area (Å²) in [5, 5.41) is 12.0. The van der Waals surface area contributed by atoms with Crippen molar-refractivity contribution in [3.63, 3.8) is 0 Å². The van der Waals surface area contributed by atoms with Crippen LogP contribution in [-0.2, 0) is 9.53 Å². The largest absolute Gasteiger partial charge is 0.444 e. The van der Waals surface area contributed by atoms with Crippen LogP contribution >= 0.6 is 24.0 Å². The summed E-state index contributed by atoms with van der Waals surface area (Å²) < 4.78 is 5.30. The predicted octanol–water partition coefficient (Wildman–Crippen LogP) is 2.63. The first-order chi connectivity index (χ1) is 12.2. The Morgan fingerprint density at radius 3 is 1.89 bits per heavy atom. The summed E-state index contributed by atoms with van der Waals surface area (Å²) in [6, 6.07) is 0. The number of carbonyl (C=O) groups excluding carboxylic acids is 2. The molecule has 0 spiro atoms. The summed E-state index contributed by atoms with van der Waals surface area (Å²) in [7, 11) is 0. The fourth-order valence-corrected chi connectivity index (χ4v) is 2.02. The third-order valence-corrected chi connectivity index (χ3v) is 3.47. The van der Waals surface area contributed by atoms with E-state index in [0.717, 1.165) is 0 Å². The van der Waals surface area contributed by atoms with Gasteiger partial charge in [0.25, 0.3) is 0 Å². The van der Waals surface area contributed by atoms with Crippen molar-refractivity contribution < 1.29 is 14.3 Å². The molecule has 0 aliphatic carbocycles. The predicted molar refractivity (Wildman–Crippen MR) is 125 cm³/mol. The molecule has 9 heteroatoms. The first kappa shape index (κ1) is 28.9. The van der Waals surface area contributed by atoms with Gasteiger partial charge in [0.05, 0.1) is 17.5 Å². The normalized spacial score (nSPS) is 12.5. The zero-order valence-corrected chi connectivity index (χ0v) is 21.2. The van der Waals surface area contributed by atoms with Crippen molar-refractivity contribution in [2.24, 2.45) is 10.4 Å². The molecule has 0 aromatic rings. The number of hydrogen-bond donors (Lipinski definition) is 4. The van der Waals surface area contributed by atoms with Crippen molar-refractivity contribution in [3.05, 3.63) is 0 Å². The van der Waals surface area contributed by atoms with Gasteiger partial charge in [-0.1, -0.05) is 0 Å². The molecule has 0 unspecified atom stereocenters. The van der Waals surface area contributed by atoms with E-state index in [0.29, 0.717) is 32.1 Å². The van der Waals surface area contributed by atoms with Gasteiger partial charge in [0.1, 0.15) is 5.60 Å². The highest BCUT2D eigenvalue weighted by molar-refractivity contribution is 14.0. The minimum absolute atomic E-state index is 0. The Bertz CT molecular complexity index is 528. The van der Waals surface area contributed by atoms with Gasteiger partial charge in [-0.25, -0.2) is 4.79 Å². The van der Waals surface area contributed by atoms with E-state index in [2.05, 4.69) is 26.3 Å². The molecule has 0 aliphatic heterocycles. The van der Waals surface area contributed by atoms with Gasteiger partial charge < -0.3 is 26.0 Å². The Balaban J connectivity index is 0. The highest BCUT2D eigenvalue weighted by Gasteiger charge is 2.28. The van der Waals surface area contributed by atoms with Gasteiger partial charge in [-0.15, -0.1) is 24.0 Å². The number of nitrogens with zero attached hydrogens (tertiary/aromatic N) is 1. The van der Waals surface area contributed by atoms with Crippen molar-refractivity contribution in [2.45, 2.75) is 73.5 Å². The SMILES string of the molecule is CCNC(=O)C(C)(C)CN=C(NCC)NCC(C)(C)NC(=O)OC(C)(C)C.I. The summed E-state index contributed by atoms with van der Waals surface area (Å²) in [5.41, 5.74) is -1.70. The number of guanidine groups is 1. The molecule has 0 aliphatic rings. The van der Waals surface area contributed by atoms with E-state index < -0.39 is 22.6 Å². The Labute approximate surface area is 187 Å². The molecule has 2 amide bonds.